The highest BCUT2D eigenvalue weighted by molar-refractivity contribution is 5.95. The van der Waals surface area contributed by atoms with Crippen LogP contribution in [0.2, 0.25) is 0 Å². The number of aryl methyl sites for hydroxylation is 1. The fraction of sp³-hybridized carbons (Fsp3) is 0.188. The van der Waals surface area contributed by atoms with Gasteiger partial charge in [-0.15, -0.1) is 0 Å². The second kappa shape index (κ2) is 6.04. The summed E-state index contributed by atoms with van der Waals surface area (Å²) in [5.74, 6) is -0.398. The van der Waals surface area contributed by atoms with Crippen LogP contribution >= 0.6 is 0 Å². The van der Waals surface area contributed by atoms with Gasteiger partial charge in [0.15, 0.2) is 11.5 Å². The number of fused-ring (bicyclic) bond motifs is 1. The van der Waals surface area contributed by atoms with E-state index in [1.54, 1.807) is 32.2 Å². The molecule has 0 aliphatic rings. The Balaban J connectivity index is 2.11. The summed E-state index contributed by atoms with van der Waals surface area (Å²) >= 11 is 0. The van der Waals surface area contributed by atoms with E-state index >= 15 is 0 Å². The lowest BCUT2D eigenvalue weighted by atomic mass is 10.2. The lowest BCUT2D eigenvalue weighted by Crippen LogP contribution is -2.13. The van der Waals surface area contributed by atoms with Crippen LogP contribution in [0.5, 0.6) is 0 Å². The molecular formula is C16H15FN4O2. The molecule has 118 valence electrons. The molecule has 0 unspecified atom stereocenters. The quantitative estimate of drug-likeness (QED) is 0.749. The molecule has 1 N–H and O–H groups in total. The molecule has 6 nitrogen and oxygen atoms in total. The van der Waals surface area contributed by atoms with Crippen molar-refractivity contribution in [1.29, 1.82) is 0 Å². The van der Waals surface area contributed by atoms with Gasteiger partial charge < -0.3 is 10.1 Å². The Bertz CT molecular complexity index is 876. The smallest absolute Gasteiger partial charge is 0.343 e. The van der Waals surface area contributed by atoms with Crippen molar-refractivity contribution in [3.05, 3.63) is 53.6 Å². The summed E-state index contributed by atoms with van der Waals surface area (Å²) < 4.78 is 19.8. The molecule has 2 aromatic heterocycles. The maximum Gasteiger partial charge on any atom is 0.343 e. The van der Waals surface area contributed by atoms with E-state index in [2.05, 4.69) is 15.4 Å². The van der Waals surface area contributed by atoms with Gasteiger partial charge in [0.25, 0.3) is 0 Å². The Labute approximate surface area is 131 Å². The molecule has 1 aromatic carbocycles. The average molecular weight is 314 g/mol. The van der Waals surface area contributed by atoms with Crippen LogP contribution in [0.4, 0.5) is 15.9 Å². The molecule has 3 rings (SSSR count). The SMILES string of the molecule is CCOC(=O)c1cnc2ccnn2c1Nc1ccc(F)cc1C. The summed E-state index contributed by atoms with van der Waals surface area (Å²) in [4.78, 5) is 16.3. The Morgan fingerprint density at radius 1 is 1.39 bits per heavy atom. The topological polar surface area (TPSA) is 68.5 Å². The standard InChI is InChI=1S/C16H15FN4O2/c1-3-23-16(22)12-9-18-14-6-7-19-21(14)15(12)20-13-5-4-11(17)8-10(13)2/h4-9,20H,3H2,1-2H3. The number of aromatic nitrogens is 3. The van der Waals surface area contributed by atoms with Crippen molar-refractivity contribution in [3.8, 4) is 0 Å². The van der Waals surface area contributed by atoms with E-state index < -0.39 is 5.97 Å². The monoisotopic (exact) mass is 314 g/mol. The van der Waals surface area contributed by atoms with Gasteiger partial charge in [-0.2, -0.15) is 9.61 Å². The molecule has 0 amide bonds. The lowest BCUT2D eigenvalue weighted by molar-refractivity contribution is 0.0526. The van der Waals surface area contributed by atoms with Crippen LogP contribution in [0.1, 0.15) is 22.8 Å². The number of nitrogens with one attached hydrogen (secondary N) is 1. The fourth-order valence-electron chi connectivity index (χ4n) is 2.25. The zero-order valence-electron chi connectivity index (χ0n) is 12.7. The van der Waals surface area contributed by atoms with E-state index in [-0.39, 0.29) is 18.0 Å². The molecule has 0 bridgehead atoms. The van der Waals surface area contributed by atoms with Crippen molar-refractivity contribution in [2.24, 2.45) is 0 Å². The van der Waals surface area contributed by atoms with E-state index in [0.717, 1.165) is 0 Å². The Kier molecular flexibility index (Phi) is 3.92. The minimum atomic E-state index is -0.500. The lowest BCUT2D eigenvalue weighted by Gasteiger charge is -2.14. The molecule has 0 aliphatic heterocycles. The maximum absolute atomic E-state index is 13.3. The van der Waals surface area contributed by atoms with Crippen LogP contribution in [0.25, 0.3) is 5.65 Å². The van der Waals surface area contributed by atoms with E-state index in [1.807, 2.05) is 0 Å². The summed E-state index contributed by atoms with van der Waals surface area (Å²) in [6, 6.07) is 6.09. The third kappa shape index (κ3) is 2.85. The number of carbonyl (C=O) groups excluding carboxylic acids is 1. The van der Waals surface area contributed by atoms with Crippen molar-refractivity contribution in [3.63, 3.8) is 0 Å². The minimum absolute atomic E-state index is 0.255. The molecule has 3 aromatic rings. The first-order valence-electron chi connectivity index (χ1n) is 7.13. The molecular weight excluding hydrogens is 299 g/mol. The number of anilines is 2. The van der Waals surface area contributed by atoms with Crippen LogP contribution in [0.3, 0.4) is 0 Å². The molecule has 7 heteroatoms. The third-order valence-electron chi connectivity index (χ3n) is 3.35. The minimum Gasteiger partial charge on any atom is -0.462 e. The zero-order valence-corrected chi connectivity index (χ0v) is 12.7. The number of hydrogen-bond donors (Lipinski definition) is 1. The molecule has 0 fully saturated rings. The fourth-order valence-corrected chi connectivity index (χ4v) is 2.25. The predicted molar refractivity (Wildman–Crippen MR) is 83.4 cm³/mol. The molecule has 0 saturated carbocycles. The molecule has 0 spiro atoms. The summed E-state index contributed by atoms with van der Waals surface area (Å²) in [6.45, 7) is 3.76. The molecule has 23 heavy (non-hydrogen) atoms. The number of esters is 1. The number of benzene rings is 1. The molecule has 0 atom stereocenters. The van der Waals surface area contributed by atoms with Gasteiger partial charge in [-0.25, -0.2) is 14.2 Å². The maximum atomic E-state index is 13.3. The largest absolute Gasteiger partial charge is 0.462 e. The van der Waals surface area contributed by atoms with Gasteiger partial charge in [0.05, 0.1) is 12.8 Å². The average Bonchev–Trinajstić information content (AvgIpc) is 2.99. The highest BCUT2D eigenvalue weighted by atomic mass is 19.1. The highest BCUT2D eigenvalue weighted by Gasteiger charge is 2.18. The van der Waals surface area contributed by atoms with Crippen molar-refractivity contribution in [2.75, 3.05) is 11.9 Å². The van der Waals surface area contributed by atoms with Crippen molar-refractivity contribution in [1.82, 2.24) is 14.6 Å². The van der Waals surface area contributed by atoms with Gasteiger partial charge in [0.1, 0.15) is 11.4 Å². The van der Waals surface area contributed by atoms with Gasteiger partial charge in [0.2, 0.25) is 0 Å². The van der Waals surface area contributed by atoms with Crippen LogP contribution < -0.4 is 5.32 Å². The number of hydrogen-bond acceptors (Lipinski definition) is 5. The number of carbonyl (C=O) groups is 1. The molecule has 0 radical (unpaired) electrons. The second-order valence-corrected chi connectivity index (χ2v) is 4.93. The van der Waals surface area contributed by atoms with Crippen LogP contribution in [0.15, 0.2) is 36.7 Å². The van der Waals surface area contributed by atoms with E-state index in [9.17, 15) is 9.18 Å². The first-order chi connectivity index (χ1) is 11.1. The normalized spacial score (nSPS) is 10.7. The van der Waals surface area contributed by atoms with Gasteiger partial charge in [0, 0.05) is 18.0 Å². The van der Waals surface area contributed by atoms with E-state index in [4.69, 9.17) is 4.74 Å². The summed E-state index contributed by atoms with van der Waals surface area (Å²) in [6.07, 6.45) is 3.02. The first kappa shape index (κ1) is 15.0. The third-order valence-corrected chi connectivity index (χ3v) is 3.35. The number of rotatable bonds is 4. The Morgan fingerprint density at radius 3 is 2.96 bits per heavy atom. The molecule has 2 heterocycles. The van der Waals surface area contributed by atoms with Crippen LogP contribution in [-0.4, -0.2) is 27.2 Å². The van der Waals surface area contributed by atoms with Gasteiger partial charge in [-0.05, 0) is 37.6 Å². The number of ether oxygens (including phenoxy) is 1. The number of halogens is 1. The van der Waals surface area contributed by atoms with E-state index in [1.165, 1.54) is 22.8 Å². The van der Waals surface area contributed by atoms with Crippen molar-refractivity contribution >= 4 is 23.1 Å². The Morgan fingerprint density at radius 2 is 2.22 bits per heavy atom. The zero-order chi connectivity index (χ0) is 16.4. The summed E-state index contributed by atoms with van der Waals surface area (Å²) in [5, 5.41) is 7.30. The number of nitrogens with zero attached hydrogens (tertiary/aromatic N) is 3. The van der Waals surface area contributed by atoms with E-state index in [0.29, 0.717) is 22.7 Å². The van der Waals surface area contributed by atoms with Gasteiger partial charge >= 0.3 is 5.97 Å². The predicted octanol–water partition coefficient (Wildman–Crippen LogP) is 3.10. The summed E-state index contributed by atoms with van der Waals surface area (Å²) in [7, 11) is 0. The van der Waals surface area contributed by atoms with Crippen LogP contribution in [-0.2, 0) is 4.74 Å². The van der Waals surface area contributed by atoms with Crippen LogP contribution in [0, 0.1) is 12.7 Å². The van der Waals surface area contributed by atoms with Gasteiger partial charge in [-0.1, -0.05) is 0 Å². The highest BCUT2D eigenvalue weighted by Crippen LogP contribution is 2.25. The van der Waals surface area contributed by atoms with Crippen molar-refractivity contribution in [2.45, 2.75) is 13.8 Å². The molecule has 0 aliphatic carbocycles. The van der Waals surface area contributed by atoms with Crippen molar-refractivity contribution < 1.29 is 13.9 Å². The molecule has 0 saturated heterocycles. The first-order valence-corrected chi connectivity index (χ1v) is 7.13. The Hall–Kier alpha value is -2.96. The second-order valence-electron chi connectivity index (χ2n) is 4.93. The summed E-state index contributed by atoms with van der Waals surface area (Å²) in [5.41, 5.74) is 2.21. The van der Waals surface area contributed by atoms with Gasteiger partial charge in [-0.3, -0.25) is 0 Å².